The quantitative estimate of drug-likeness (QED) is 0.903. The number of amides is 1. The number of aromatic nitrogens is 1. The summed E-state index contributed by atoms with van der Waals surface area (Å²) in [7, 11) is 0. The lowest BCUT2D eigenvalue weighted by atomic mass is 9.97. The van der Waals surface area contributed by atoms with Gasteiger partial charge in [-0.25, -0.2) is 9.37 Å². The van der Waals surface area contributed by atoms with Gasteiger partial charge in [0.15, 0.2) is 11.7 Å². The topological polar surface area (TPSA) is 66.6 Å². The summed E-state index contributed by atoms with van der Waals surface area (Å²) in [6, 6.07) is 6.24. The summed E-state index contributed by atoms with van der Waals surface area (Å²) in [4.78, 5) is 18.4. The third-order valence-electron chi connectivity index (χ3n) is 4.67. The van der Waals surface area contributed by atoms with Crippen LogP contribution in [0.5, 0.6) is 0 Å². The summed E-state index contributed by atoms with van der Waals surface area (Å²) < 4.78 is 19.4. The van der Waals surface area contributed by atoms with E-state index >= 15 is 0 Å². The van der Waals surface area contributed by atoms with Crippen LogP contribution in [0.4, 0.5) is 4.39 Å². The molecule has 2 unspecified atom stereocenters. The highest BCUT2D eigenvalue weighted by molar-refractivity contribution is 5.76. The van der Waals surface area contributed by atoms with E-state index in [1.807, 2.05) is 0 Å². The molecule has 0 spiro atoms. The molecular weight excluding hydrogens is 323 g/mol. The summed E-state index contributed by atoms with van der Waals surface area (Å²) in [6.45, 7) is 2.41. The smallest absolute Gasteiger partial charge is 0.223 e. The Morgan fingerprint density at radius 3 is 3.00 bits per heavy atom. The average Bonchev–Trinajstić information content (AvgIpc) is 3.08. The van der Waals surface area contributed by atoms with Crippen LogP contribution in [0.25, 0.3) is 11.3 Å². The summed E-state index contributed by atoms with van der Waals surface area (Å²) in [6.07, 6.45) is 4.41. The Hall–Kier alpha value is -2.21. The van der Waals surface area contributed by atoms with Crippen LogP contribution in [0, 0.1) is 5.82 Å². The Morgan fingerprint density at radius 2 is 2.24 bits per heavy atom. The normalized spacial score (nSPS) is 19.0. The number of carbonyl (C=O) groups is 1. The van der Waals surface area contributed by atoms with E-state index in [9.17, 15) is 14.3 Å². The first-order valence-corrected chi connectivity index (χ1v) is 8.73. The molecule has 6 heteroatoms. The maximum Gasteiger partial charge on any atom is 0.223 e. The fourth-order valence-corrected chi connectivity index (χ4v) is 3.34. The SMILES string of the molecule is CC(O)C1CCCCN1C(=O)CCc1ncc(-c2ccccc2F)o1. The predicted octanol–water partition coefficient (Wildman–Crippen LogP) is 3.18. The number of carbonyl (C=O) groups excluding carboxylic acids is 1. The van der Waals surface area contributed by atoms with E-state index in [2.05, 4.69) is 4.98 Å². The first kappa shape index (κ1) is 17.6. The number of hydrogen-bond donors (Lipinski definition) is 1. The van der Waals surface area contributed by atoms with E-state index < -0.39 is 6.10 Å². The molecule has 1 amide bonds. The van der Waals surface area contributed by atoms with Gasteiger partial charge in [0.2, 0.25) is 5.91 Å². The molecule has 2 heterocycles. The van der Waals surface area contributed by atoms with Gasteiger partial charge in [-0.1, -0.05) is 12.1 Å². The summed E-state index contributed by atoms with van der Waals surface area (Å²) in [5.41, 5.74) is 0.359. The van der Waals surface area contributed by atoms with Crippen LogP contribution in [-0.4, -0.2) is 39.6 Å². The van der Waals surface area contributed by atoms with Crippen LogP contribution in [0.1, 0.15) is 38.5 Å². The minimum Gasteiger partial charge on any atom is -0.441 e. The zero-order chi connectivity index (χ0) is 17.8. The number of hydrogen-bond acceptors (Lipinski definition) is 4. The lowest BCUT2D eigenvalue weighted by Crippen LogP contribution is -2.49. The van der Waals surface area contributed by atoms with Gasteiger partial charge in [0.1, 0.15) is 5.82 Å². The van der Waals surface area contributed by atoms with Crippen LogP contribution in [-0.2, 0) is 11.2 Å². The number of nitrogens with zero attached hydrogens (tertiary/aromatic N) is 2. The van der Waals surface area contributed by atoms with Crippen molar-refractivity contribution in [1.29, 1.82) is 0 Å². The fourth-order valence-electron chi connectivity index (χ4n) is 3.34. The second-order valence-electron chi connectivity index (χ2n) is 6.49. The number of aliphatic hydroxyl groups excluding tert-OH is 1. The Bertz CT molecular complexity index is 729. The molecule has 0 saturated carbocycles. The second kappa shape index (κ2) is 7.78. The maximum atomic E-state index is 13.8. The minimum atomic E-state index is -0.529. The Kier molecular flexibility index (Phi) is 5.48. The van der Waals surface area contributed by atoms with Gasteiger partial charge in [-0.2, -0.15) is 0 Å². The number of piperidine rings is 1. The zero-order valence-electron chi connectivity index (χ0n) is 14.3. The van der Waals surface area contributed by atoms with Crippen molar-refractivity contribution < 1.29 is 18.7 Å². The third kappa shape index (κ3) is 4.07. The van der Waals surface area contributed by atoms with Crippen molar-refractivity contribution in [3.8, 4) is 11.3 Å². The molecule has 1 aromatic heterocycles. The van der Waals surface area contributed by atoms with E-state index in [1.54, 1.807) is 30.0 Å². The van der Waals surface area contributed by atoms with Gasteiger partial charge in [-0.3, -0.25) is 4.79 Å². The van der Waals surface area contributed by atoms with Crippen LogP contribution in [0.2, 0.25) is 0 Å². The van der Waals surface area contributed by atoms with Gasteiger partial charge in [-0.05, 0) is 38.3 Å². The van der Waals surface area contributed by atoms with Crippen LogP contribution < -0.4 is 0 Å². The van der Waals surface area contributed by atoms with E-state index in [-0.39, 0.29) is 24.2 Å². The van der Waals surface area contributed by atoms with Crippen molar-refractivity contribution in [2.24, 2.45) is 0 Å². The molecule has 1 aliphatic rings. The Balaban J connectivity index is 1.62. The van der Waals surface area contributed by atoms with Gasteiger partial charge >= 0.3 is 0 Å². The standard InChI is InChI=1S/C19H23FN2O3/c1-13(23)16-8-4-5-11-22(16)19(24)10-9-18-21-12-17(25-18)14-6-2-3-7-15(14)20/h2-3,6-7,12-13,16,23H,4-5,8-11H2,1H3. The van der Waals surface area contributed by atoms with Gasteiger partial charge < -0.3 is 14.4 Å². The molecule has 25 heavy (non-hydrogen) atoms. The van der Waals surface area contributed by atoms with E-state index in [4.69, 9.17) is 4.42 Å². The number of oxazole rings is 1. The number of benzene rings is 1. The number of rotatable bonds is 5. The number of aryl methyl sites for hydroxylation is 1. The highest BCUT2D eigenvalue weighted by atomic mass is 19.1. The van der Waals surface area contributed by atoms with Crippen molar-refractivity contribution in [2.45, 2.75) is 51.2 Å². The first-order valence-electron chi connectivity index (χ1n) is 8.73. The summed E-state index contributed by atoms with van der Waals surface area (Å²) in [5, 5.41) is 9.88. The molecule has 2 aromatic rings. The lowest BCUT2D eigenvalue weighted by Gasteiger charge is -2.37. The number of halogens is 1. The molecule has 0 aliphatic carbocycles. The molecule has 2 atom stereocenters. The first-order chi connectivity index (χ1) is 12.1. The van der Waals surface area contributed by atoms with Crippen LogP contribution in [0.3, 0.4) is 0 Å². The molecule has 3 rings (SSSR count). The van der Waals surface area contributed by atoms with Gasteiger partial charge in [0.05, 0.1) is 23.9 Å². The Labute approximate surface area is 146 Å². The van der Waals surface area contributed by atoms with E-state index in [1.165, 1.54) is 12.3 Å². The maximum absolute atomic E-state index is 13.8. The molecule has 1 saturated heterocycles. The van der Waals surface area contributed by atoms with Crippen molar-refractivity contribution >= 4 is 5.91 Å². The largest absolute Gasteiger partial charge is 0.441 e. The van der Waals surface area contributed by atoms with Crippen molar-refractivity contribution in [3.63, 3.8) is 0 Å². The average molecular weight is 346 g/mol. The second-order valence-corrected chi connectivity index (χ2v) is 6.49. The molecule has 1 N–H and O–H groups in total. The molecule has 1 fully saturated rings. The Morgan fingerprint density at radius 1 is 1.44 bits per heavy atom. The predicted molar refractivity (Wildman–Crippen MR) is 91.3 cm³/mol. The van der Waals surface area contributed by atoms with Crippen molar-refractivity contribution in [3.05, 3.63) is 42.2 Å². The van der Waals surface area contributed by atoms with Crippen molar-refractivity contribution in [1.82, 2.24) is 9.88 Å². The molecule has 1 aliphatic heterocycles. The highest BCUT2D eigenvalue weighted by Gasteiger charge is 2.29. The van der Waals surface area contributed by atoms with Gasteiger partial charge in [0, 0.05) is 19.4 Å². The van der Waals surface area contributed by atoms with Gasteiger partial charge in [0.25, 0.3) is 0 Å². The van der Waals surface area contributed by atoms with Crippen LogP contribution in [0.15, 0.2) is 34.9 Å². The van der Waals surface area contributed by atoms with E-state index in [0.29, 0.717) is 30.2 Å². The van der Waals surface area contributed by atoms with Crippen molar-refractivity contribution in [2.75, 3.05) is 6.54 Å². The third-order valence-corrected chi connectivity index (χ3v) is 4.67. The fraction of sp³-hybridized carbons (Fsp3) is 0.474. The molecule has 5 nitrogen and oxygen atoms in total. The number of aliphatic hydroxyl groups is 1. The molecule has 0 bridgehead atoms. The van der Waals surface area contributed by atoms with Gasteiger partial charge in [-0.15, -0.1) is 0 Å². The molecule has 0 radical (unpaired) electrons. The monoisotopic (exact) mass is 346 g/mol. The molecule has 134 valence electrons. The highest BCUT2D eigenvalue weighted by Crippen LogP contribution is 2.24. The summed E-state index contributed by atoms with van der Waals surface area (Å²) >= 11 is 0. The zero-order valence-corrected chi connectivity index (χ0v) is 14.3. The molecular formula is C19H23FN2O3. The van der Waals surface area contributed by atoms with Crippen LogP contribution >= 0.6 is 0 Å². The van der Waals surface area contributed by atoms with E-state index in [0.717, 1.165) is 19.3 Å². The summed E-state index contributed by atoms with van der Waals surface area (Å²) in [5.74, 6) is 0.406. The minimum absolute atomic E-state index is 0.00348. The number of likely N-dealkylation sites (tertiary alicyclic amines) is 1. The lowest BCUT2D eigenvalue weighted by molar-refractivity contribution is -0.137. The molecule has 1 aromatic carbocycles.